The van der Waals surface area contributed by atoms with E-state index in [0.29, 0.717) is 0 Å². The van der Waals surface area contributed by atoms with Gasteiger partial charge in [-0.3, -0.25) is 0 Å². The molecule has 0 aromatic carbocycles. The maximum absolute atomic E-state index is 12.7. The first kappa shape index (κ1) is 21.4. The Morgan fingerprint density at radius 2 is 2.00 bits per heavy atom. The minimum atomic E-state index is -1.78. The Morgan fingerprint density at radius 3 is 2.46 bits per heavy atom. The van der Waals surface area contributed by atoms with Crippen LogP contribution in [0.25, 0.3) is 0 Å². The molecule has 0 aliphatic heterocycles. The van der Waals surface area contributed by atoms with Gasteiger partial charge in [-0.25, -0.2) is 19.4 Å². The number of aliphatic carboxylic acids is 1. The average molecular weight is 370 g/mol. The molecule has 10 nitrogen and oxygen atoms in total. The zero-order valence-corrected chi connectivity index (χ0v) is 15.4. The predicted molar refractivity (Wildman–Crippen MR) is 91.1 cm³/mol. The van der Waals surface area contributed by atoms with Crippen LogP contribution in [-0.4, -0.2) is 68.4 Å². The topological polar surface area (TPSA) is 134 Å². The Kier molecular flexibility index (Phi) is 7.56. The van der Waals surface area contributed by atoms with E-state index in [-0.39, 0.29) is 25.6 Å². The van der Waals surface area contributed by atoms with Gasteiger partial charge in [-0.2, -0.15) is 0 Å². The van der Waals surface area contributed by atoms with Crippen LogP contribution in [0.5, 0.6) is 0 Å². The van der Waals surface area contributed by atoms with E-state index >= 15 is 0 Å². The molecule has 0 aliphatic carbocycles. The SMILES string of the molecule is CCOC(=O)C(O)CN(CC(C)C)C(=O)N[C@](C)(C(=O)O)n1ccnc1. The number of ether oxygens (including phenoxy) is 1. The molecule has 2 amide bonds. The molecule has 1 aromatic rings. The number of aromatic nitrogens is 2. The average Bonchev–Trinajstić information content (AvgIpc) is 3.08. The first-order valence-corrected chi connectivity index (χ1v) is 8.25. The fourth-order valence-electron chi connectivity index (χ4n) is 2.24. The largest absolute Gasteiger partial charge is 0.478 e. The summed E-state index contributed by atoms with van der Waals surface area (Å²) >= 11 is 0. The number of aliphatic hydroxyl groups is 1. The third-order valence-electron chi connectivity index (χ3n) is 3.61. The minimum absolute atomic E-state index is 0.0273. The van der Waals surface area contributed by atoms with E-state index in [0.717, 1.165) is 0 Å². The molecule has 2 atom stereocenters. The number of aliphatic hydroxyl groups excluding tert-OH is 1. The Labute approximate surface area is 151 Å². The molecule has 146 valence electrons. The number of esters is 1. The third-order valence-corrected chi connectivity index (χ3v) is 3.61. The summed E-state index contributed by atoms with van der Waals surface area (Å²) in [6, 6.07) is -0.736. The van der Waals surface area contributed by atoms with E-state index in [1.165, 1.54) is 35.1 Å². The van der Waals surface area contributed by atoms with Gasteiger partial charge in [-0.1, -0.05) is 13.8 Å². The highest BCUT2D eigenvalue weighted by Gasteiger charge is 2.38. The predicted octanol–water partition coefficient (Wildman–Crippen LogP) is 0.232. The fourth-order valence-corrected chi connectivity index (χ4v) is 2.24. The third kappa shape index (κ3) is 5.45. The van der Waals surface area contributed by atoms with Crippen LogP contribution in [0.2, 0.25) is 0 Å². The van der Waals surface area contributed by atoms with Crippen molar-refractivity contribution < 1.29 is 29.3 Å². The molecule has 0 spiro atoms. The molecule has 1 unspecified atom stereocenters. The zero-order valence-electron chi connectivity index (χ0n) is 15.4. The number of nitrogens with one attached hydrogen (secondary N) is 1. The van der Waals surface area contributed by atoms with Gasteiger partial charge >= 0.3 is 18.0 Å². The second kappa shape index (κ2) is 9.18. The van der Waals surface area contributed by atoms with Gasteiger partial charge in [0.15, 0.2) is 6.10 Å². The van der Waals surface area contributed by atoms with Gasteiger partial charge < -0.3 is 29.7 Å². The smallest absolute Gasteiger partial charge is 0.350 e. The van der Waals surface area contributed by atoms with Gasteiger partial charge in [0.1, 0.15) is 0 Å². The highest BCUT2D eigenvalue weighted by molar-refractivity contribution is 5.84. The van der Waals surface area contributed by atoms with E-state index < -0.39 is 29.7 Å². The summed E-state index contributed by atoms with van der Waals surface area (Å²) in [6.07, 6.45) is 2.55. The van der Waals surface area contributed by atoms with E-state index in [2.05, 4.69) is 10.3 Å². The lowest BCUT2D eigenvalue weighted by Gasteiger charge is -2.32. The second-order valence-electron chi connectivity index (χ2n) is 6.34. The zero-order chi connectivity index (χ0) is 19.9. The fraction of sp³-hybridized carbons (Fsp3) is 0.625. The first-order chi connectivity index (χ1) is 12.1. The summed E-state index contributed by atoms with van der Waals surface area (Å²) in [5.74, 6) is -2.11. The van der Waals surface area contributed by atoms with Crippen LogP contribution < -0.4 is 5.32 Å². The van der Waals surface area contributed by atoms with Crippen molar-refractivity contribution in [2.75, 3.05) is 19.7 Å². The maximum Gasteiger partial charge on any atom is 0.350 e. The van der Waals surface area contributed by atoms with Crippen molar-refractivity contribution >= 4 is 18.0 Å². The van der Waals surface area contributed by atoms with E-state index in [4.69, 9.17) is 4.74 Å². The van der Waals surface area contributed by atoms with Crippen molar-refractivity contribution in [3.63, 3.8) is 0 Å². The van der Waals surface area contributed by atoms with Crippen LogP contribution in [0.3, 0.4) is 0 Å². The summed E-state index contributed by atoms with van der Waals surface area (Å²) in [6.45, 7) is 6.61. The van der Waals surface area contributed by atoms with Gasteiger partial charge in [0.2, 0.25) is 5.66 Å². The van der Waals surface area contributed by atoms with Crippen LogP contribution in [0.4, 0.5) is 4.79 Å². The van der Waals surface area contributed by atoms with Crippen molar-refractivity contribution in [3.05, 3.63) is 18.7 Å². The summed E-state index contributed by atoms with van der Waals surface area (Å²) < 4.78 is 5.97. The van der Waals surface area contributed by atoms with Crippen molar-refractivity contribution in [2.24, 2.45) is 5.92 Å². The lowest BCUT2D eigenvalue weighted by atomic mass is 10.2. The monoisotopic (exact) mass is 370 g/mol. The number of nitrogens with zero attached hydrogens (tertiary/aromatic N) is 3. The molecule has 1 aromatic heterocycles. The number of imidazole rings is 1. The van der Waals surface area contributed by atoms with Crippen LogP contribution in [0, 0.1) is 5.92 Å². The second-order valence-corrected chi connectivity index (χ2v) is 6.34. The van der Waals surface area contributed by atoms with Gasteiger partial charge in [-0.05, 0) is 19.8 Å². The Hall–Kier alpha value is -2.62. The Bertz CT molecular complexity index is 618. The lowest BCUT2D eigenvalue weighted by molar-refractivity contribution is -0.154. The Morgan fingerprint density at radius 1 is 1.35 bits per heavy atom. The molecule has 0 radical (unpaired) electrons. The molecule has 1 heterocycles. The van der Waals surface area contributed by atoms with Crippen LogP contribution in [-0.2, 0) is 20.0 Å². The lowest BCUT2D eigenvalue weighted by Crippen LogP contribution is -2.58. The van der Waals surface area contributed by atoms with Crippen molar-refractivity contribution in [2.45, 2.75) is 39.5 Å². The molecule has 1 rings (SSSR count). The maximum atomic E-state index is 12.7. The minimum Gasteiger partial charge on any atom is -0.478 e. The van der Waals surface area contributed by atoms with Gasteiger partial charge in [-0.15, -0.1) is 0 Å². The van der Waals surface area contributed by atoms with Gasteiger partial charge in [0, 0.05) is 18.9 Å². The summed E-state index contributed by atoms with van der Waals surface area (Å²) in [5.41, 5.74) is -1.78. The molecular weight excluding hydrogens is 344 g/mol. The van der Waals surface area contributed by atoms with Crippen LogP contribution >= 0.6 is 0 Å². The number of carbonyl (C=O) groups is 3. The number of carboxylic acid groups (broad SMARTS) is 1. The quantitative estimate of drug-likeness (QED) is 0.530. The molecule has 0 saturated carbocycles. The molecule has 0 aliphatic rings. The van der Waals surface area contributed by atoms with E-state index in [1.54, 1.807) is 6.92 Å². The molecule has 0 fully saturated rings. The van der Waals surface area contributed by atoms with E-state index in [1.807, 2.05) is 13.8 Å². The van der Waals surface area contributed by atoms with Crippen molar-refractivity contribution in [1.29, 1.82) is 0 Å². The number of rotatable bonds is 9. The number of amides is 2. The van der Waals surface area contributed by atoms with Gasteiger partial charge in [0.05, 0.1) is 19.5 Å². The number of carboxylic acids is 1. The molecule has 0 bridgehead atoms. The number of urea groups is 1. The number of hydrogen-bond donors (Lipinski definition) is 3. The number of carbonyl (C=O) groups excluding carboxylic acids is 2. The molecule has 3 N–H and O–H groups in total. The van der Waals surface area contributed by atoms with Gasteiger partial charge in [0.25, 0.3) is 0 Å². The Balaban J connectivity index is 2.97. The van der Waals surface area contributed by atoms with Crippen molar-refractivity contribution in [1.82, 2.24) is 19.8 Å². The van der Waals surface area contributed by atoms with Crippen LogP contribution in [0.15, 0.2) is 18.7 Å². The van der Waals surface area contributed by atoms with Crippen molar-refractivity contribution in [3.8, 4) is 0 Å². The van der Waals surface area contributed by atoms with E-state index in [9.17, 15) is 24.6 Å². The standard InChI is InChI=1S/C16H26N4O6/c1-5-26-13(22)12(21)9-19(8-11(2)3)15(25)18-16(4,14(23)24)20-7-6-17-10-20/h6-7,10-12,21H,5,8-9H2,1-4H3,(H,18,25)(H,23,24)/t12?,16-/m0/s1. The van der Waals surface area contributed by atoms with Crippen LogP contribution in [0.1, 0.15) is 27.7 Å². The molecular formula is C16H26N4O6. The molecule has 26 heavy (non-hydrogen) atoms. The molecule has 0 saturated heterocycles. The summed E-state index contributed by atoms with van der Waals surface area (Å²) in [5, 5.41) is 21.9. The normalized spacial score (nSPS) is 14.4. The first-order valence-electron chi connectivity index (χ1n) is 8.25. The highest BCUT2D eigenvalue weighted by atomic mass is 16.5. The summed E-state index contributed by atoms with van der Waals surface area (Å²) in [7, 11) is 0. The number of hydrogen-bond acceptors (Lipinski definition) is 6. The molecule has 10 heteroatoms. The highest BCUT2D eigenvalue weighted by Crippen LogP contribution is 2.14. The summed E-state index contributed by atoms with van der Waals surface area (Å²) in [4.78, 5) is 41.0.